The van der Waals surface area contributed by atoms with Crippen LogP contribution in [0, 0.1) is 0 Å². The van der Waals surface area contributed by atoms with Crippen molar-refractivity contribution in [3.63, 3.8) is 0 Å². The normalized spacial score (nSPS) is 10.4. The monoisotopic (exact) mass is 391 g/mol. The number of carboxylic acid groups (broad SMARTS) is 1. The highest BCUT2D eigenvalue weighted by Gasteiger charge is 1.97. The molecule has 28 heavy (non-hydrogen) atoms. The van der Waals surface area contributed by atoms with Crippen molar-refractivity contribution in [1.29, 1.82) is 0 Å². The summed E-state index contributed by atoms with van der Waals surface area (Å²) in [5.74, 6) is -0.653. The molecule has 0 aromatic heterocycles. The van der Waals surface area contributed by atoms with Crippen LogP contribution in [0.4, 0.5) is 0 Å². The maximum Gasteiger partial charge on any atom is 0.303 e. The first kappa shape index (κ1) is 26.6. The van der Waals surface area contributed by atoms with Gasteiger partial charge in [0.2, 0.25) is 0 Å². The third-order valence-electron chi connectivity index (χ3n) is 5.07. The van der Waals surface area contributed by atoms with Gasteiger partial charge in [-0.1, -0.05) is 127 Å². The summed E-state index contributed by atoms with van der Waals surface area (Å²) in [6, 6.07) is 9.99. The molecule has 0 fully saturated rings. The van der Waals surface area contributed by atoms with E-state index in [1.807, 2.05) is 30.3 Å². The van der Waals surface area contributed by atoms with E-state index in [4.69, 9.17) is 10.8 Å². The topological polar surface area (TPSA) is 63.3 Å². The number of rotatable bonds is 17. The number of aliphatic carboxylic acids is 1. The average Bonchev–Trinajstić information content (AvgIpc) is 2.72. The molecule has 0 saturated heterocycles. The zero-order valence-corrected chi connectivity index (χ0v) is 18.3. The van der Waals surface area contributed by atoms with Crippen LogP contribution in [0.2, 0.25) is 0 Å². The van der Waals surface area contributed by atoms with Crippen molar-refractivity contribution in [2.24, 2.45) is 5.73 Å². The molecular weight excluding hydrogens is 346 g/mol. The first-order valence-electron chi connectivity index (χ1n) is 11.7. The minimum atomic E-state index is -0.653. The number of nitrogens with two attached hydrogens (primary N) is 1. The fourth-order valence-corrected chi connectivity index (χ4v) is 3.26. The second-order valence-corrected chi connectivity index (χ2v) is 7.78. The van der Waals surface area contributed by atoms with Crippen LogP contribution < -0.4 is 5.73 Å². The summed E-state index contributed by atoms with van der Waals surface area (Å²) in [5, 5.41) is 8.52. The Bertz CT molecular complexity index is 433. The summed E-state index contributed by atoms with van der Waals surface area (Å²) in [6.45, 7) is 2.91. The highest BCUT2D eigenvalue weighted by molar-refractivity contribution is 5.66. The van der Waals surface area contributed by atoms with Crippen molar-refractivity contribution in [1.82, 2.24) is 0 Å². The van der Waals surface area contributed by atoms with Gasteiger partial charge < -0.3 is 10.8 Å². The number of hydrogen-bond donors (Lipinski definition) is 2. The summed E-state index contributed by atoms with van der Waals surface area (Å²) < 4.78 is 0. The van der Waals surface area contributed by atoms with Gasteiger partial charge in [0.15, 0.2) is 0 Å². The lowest BCUT2D eigenvalue weighted by Crippen LogP contribution is -1.94. The molecule has 1 rings (SSSR count). The van der Waals surface area contributed by atoms with Crippen LogP contribution in [0.25, 0.3) is 0 Å². The van der Waals surface area contributed by atoms with E-state index in [1.54, 1.807) is 0 Å². The van der Waals surface area contributed by atoms with Gasteiger partial charge in [-0.05, 0) is 12.0 Å². The van der Waals surface area contributed by atoms with E-state index in [9.17, 15) is 4.79 Å². The van der Waals surface area contributed by atoms with E-state index in [0.717, 1.165) is 12.8 Å². The number of benzene rings is 1. The van der Waals surface area contributed by atoms with E-state index in [-0.39, 0.29) is 0 Å². The van der Waals surface area contributed by atoms with Crippen molar-refractivity contribution < 1.29 is 9.90 Å². The van der Waals surface area contributed by atoms with E-state index in [1.165, 1.54) is 89.0 Å². The van der Waals surface area contributed by atoms with Gasteiger partial charge in [0.05, 0.1) is 0 Å². The highest BCUT2D eigenvalue weighted by atomic mass is 16.4. The molecule has 3 N–H and O–H groups in total. The Morgan fingerprint density at radius 1 is 0.714 bits per heavy atom. The first-order valence-corrected chi connectivity index (χ1v) is 11.7. The standard InChI is InChI=1S/C18H36O2.C7H9N/c1-2-3-4-5-6-7-8-9-10-11-12-13-14-15-16-17-18(19)20;8-6-7-4-2-1-3-5-7/h2-17H2,1H3,(H,19,20);1-5H,6,8H2. The molecule has 0 bridgehead atoms. The molecule has 1 aromatic rings. The van der Waals surface area contributed by atoms with Gasteiger partial charge in [0.1, 0.15) is 0 Å². The molecule has 3 nitrogen and oxygen atoms in total. The van der Waals surface area contributed by atoms with Gasteiger partial charge in [0, 0.05) is 13.0 Å². The molecule has 0 saturated carbocycles. The third-order valence-corrected chi connectivity index (χ3v) is 5.07. The molecule has 0 heterocycles. The van der Waals surface area contributed by atoms with E-state index >= 15 is 0 Å². The molecule has 0 unspecified atom stereocenters. The predicted molar refractivity (Wildman–Crippen MR) is 122 cm³/mol. The minimum Gasteiger partial charge on any atom is -0.481 e. The van der Waals surface area contributed by atoms with Crippen LogP contribution in [0.5, 0.6) is 0 Å². The second kappa shape index (κ2) is 21.9. The SMILES string of the molecule is CCCCCCCCCCCCCCCCCC(=O)O.NCc1ccccc1. The van der Waals surface area contributed by atoms with Crippen LogP contribution in [-0.4, -0.2) is 11.1 Å². The summed E-state index contributed by atoms with van der Waals surface area (Å²) in [7, 11) is 0. The van der Waals surface area contributed by atoms with Gasteiger partial charge in [-0.3, -0.25) is 4.79 Å². The maximum absolute atomic E-state index is 10.3. The van der Waals surface area contributed by atoms with Gasteiger partial charge >= 0.3 is 5.97 Å². The Hall–Kier alpha value is -1.35. The molecular formula is C25H45NO2. The third kappa shape index (κ3) is 21.0. The lowest BCUT2D eigenvalue weighted by Gasteiger charge is -2.03. The lowest BCUT2D eigenvalue weighted by molar-refractivity contribution is -0.137. The smallest absolute Gasteiger partial charge is 0.303 e. The Balaban J connectivity index is 0.000000749. The van der Waals surface area contributed by atoms with E-state index in [0.29, 0.717) is 13.0 Å². The number of unbranched alkanes of at least 4 members (excludes halogenated alkanes) is 14. The summed E-state index contributed by atoms with van der Waals surface area (Å²) in [6.07, 6.45) is 20.2. The zero-order valence-electron chi connectivity index (χ0n) is 18.3. The predicted octanol–water partition coefficient (Wildman–Crippen LogP) is 7.48. The van der Waals surface area contributed by atoms with Crippen molar-refractivity contribution in [2.75, 3.05) is 0 Å². The number of carboxylic acids is 1. The maximum atomic E-state index is 10.3. The molecule has 0 aliphatic heterocycles. The molecule has 3 heteroatoms. The Labute approximate surface area is 174 Å². The van der Waals surface area contributed by atoms with Gasteiger partial charge in [0.25, 0.3) is 0 Å². The van der Waals surface area contributed by atoms with Gasteiger partial charge in [-0.25, -0.2) is 0 Å². The summed E-state index contributed by atoms with van der Waals surface area (Å²) in [4.78, 5) is 10.3. The fraction of sp³-hybridized carbons (Fsp3) is 0.720. The largest absolute Gasteiger partial charge is 0.481 e. The van der Waals surface area contributed by atoms with Crippen LogP contribution in [0.15, 0.2) is 30.3 Å². The molecule has 0 aliphatic carbocycles. The molecule has 0 aliphatic rings. The van der Waals surface area contributed by atoms with Crippen LogP contribution in [0.1, 0.15) is 115 Å². The van der Waals surface area contributed by atoms with Gasteiger partial charge in [-0.2, -0.15) is 0 Å². The fourth-order valence-electron chi connectivity index (χ4n) is 3.26. The molecule has 1 aromatic carbocycles. The summed E-state index contributed by atoms with van der Waals surface area (Å²) in [5.41, 5.74) is 6.54. The number of hydrogen-bond acceptors (Lipinski definition) is 2. The zero-order chi connectivity index (χ0) is 20.7. The lowest BCUT2D eigenvalue weighted by atomic mass is 10.0. The number of carbonyl (C=O) groups is 1. The van der Waals surface area contributed by atoms with Crippen LogP contribution >= 0.6 is 0 Å². The summed E-state index contributed by atoms with van der Waals surface area (Å²) >= 11 is 0. The molecule has 0 amide bonds. The quantitative estimate of drug-likeness (QED) is 0.271. The Morgan fingerprint density at radius 2 is 1.11 bits per heavy atom. The van der Waals surface area contributed by atoms with E-state index in [2.05, 4.69) is 6.92 Å². The first-order chi connectivity index (χ1) is 13.7. The Kier molecular flexibility index (Phi) is 20.9. The van der Waals surface area contributed by atoms with Crippen molar-refractivity contribution in [3.8, 4) is 0 Å². The van der Waals surface area contributed by atoms with Crippen molar-refractivity contribution >= 4 is 5.97 Å². The average molecular weight is 392 g/mol. The molecule has 162 valence electrons. The highest BCUT2D eigenvalue weighted by Crippen LogP contribution is 2.13. The van der Waals surface area contributed by atoms with Crippen LogP contribution in [0.3, 0.4) is 0 Å². The van der Waals surface area contributed by atoms with Crippen LogP contribution in [-0.2, 0) is 11.3 Å². The second-order valence-electron chi connectivity index (χ2n) is 7.78. The van der Waals surface area contributed by atoms with Gasteiger partial charge in [-0.15, -0.1) is 0 Å². The van der Waals surface area contributed by atoms with Crippen molar-refractivity contribution in [2.45, 2.75) is 116 Å². The minimum absolute atomic E-state index is 0.345. The Morgan fingerprint density at radius 3 is 1.43 bits per heavy atom. The molecule has 0 spiro atoms. The van der Waals surface area contributed by atoms with E-state index < -0.39 is 5.97 Å². The van der Waals surface area contributed by atoms with Crippen molar-refractivity contribution in [3.05, 3.63) is 35.9 Å². The molecule has 0 radical (unpaired) electrons. The molecule has 0 atom stereocenters.